The number of aryl methyl sites for hydroxylation is 4. The van der Waals surface area contributed by atoms with E-state index in [4.69, 9.17) is 0 Å². The lowest BCUT2D eigenvalue weighted by Gasteiger charge is -2.31. The van der Waals surface area contributed by atoms with E-state index in [0.717, 1.165) is 31.2 Å². The van der Waals surface area contributed by atoms with Crippen molar-refractivity contribution >= 4 is 59.6 Å². The highest BCUT2D eigenvalue weighted by Crippen LogP contribution is 2.44. The second kappa shape index (κ2) is 8.88. The Morgan fingerprint density at radius 2 is 0.902 bits per heavy atom. The summed E-state index contributed by atoms with van der Waals surface area (Å²) >= 11 is 0. The van der Waals surface area contributed by atoms with E-state index in [0.29, 0.717) is 5.78 Å². The molecule has 0 spiro atoms. The Bertz CT molecular complexity index is 2110. The van der Waals surface area contributed by atoms with Crippen LogP contribution in [0.3, 0.4) is 0 Å². The second-order valence-electron chi connectivity index (χ2n) is 12.3. The fourth-order valence-electron chi connectivity index (χ4n) is 8.56. The molecule has 3 aliphatic rings. The molecule has 0 bridgehead atoms. The normalized spacial score (nSPS) is 16.0. The van der Waals surface area contributed by atoms with Gasteiger partial charge >= 0.3 is 0 Å². The van der Waals surface area contributed by atoms with Gasteiger partial charge in [-0.3, -0.25) is 4.79 Å². The molecule has 3 aliphatic carbocycles. The Kier molecular flexibility index (Phi) is 5.09. The standard InChI is InChI=1S/C20H20O.C20H12/c21-17-9-3-7-15-14-6-1-4-12-10-11-13-5-2-8-16(20(15)17)19(13)18(12)14;1-2-8-16-15(7-1)17-9-3-5-13-11-12-14-6-4-10-18(16)20(14)19(13)17/h10-11H,1-9H2;1-12H. The predicted octanol–water partition coefficient (Wildman–Crippen LogP) is 10.1. The molecule has 0 heterocycles. The van der Waals surface area contributed by atoms with Gasteiger partial charge in [0.15, 0.2) is 5.78 Å². The van der Waals surface area contributed by atoms with Gasteiger partial charge in [0.2, 0.25) is 0 Å². The molecule has 198 valence electrons. The van der Waals surface area contributed by atoms with Crippen LogP contribution < -0.4 is 0 Å². The summed E-state index contributed by atoms with van der Waals surface area (Å²) in [5.41, 5.74) is 8.59. The molecular formula is C40H32O. The van der Waals surface area contributed by atoms with Gasteiger partial charge in [-0.25, -0.2) is 0 Å². The number of carbonyl (C=O) groups excluding carboxylic acids is 1. The van der Waals surface area contributed by atoms with Crippen molar-refractivity contribution in [2.24, 2.45) is 0 Å². The van der Waals surface area contributed by atoms with Crippen LogP contribution in [-0.2, 0) is 32.1 Å². The van der Waals surface area contributed by atoms with Crippen molar-refractivity contribution < 1.29 is 4.79 Å². The monoisotopic (exact) mass is 528 g/mol. The van der Waals surface area contributed by atoms with Gasteiger partial charge < -0.3 is 0 Å². The summed E-state index contributed by atoms with van der Waals surface area (Å²) in [7, 11) is 0. The third kappa shape index (κ3) is 3.32. The summed E-state index contributed by atoms with van der Waals surface area (Å²) in [5, 5.41) is 13.9. The van der Waals surface area contributed by atoms with Gasteiger partial charge in [-0.05, 0) is 133 Å². The molecule has 41 heavy (non-hydrogen) atoms. The number of rotatable bonds is 0. The quantitative estimate of drug-likeness (QED) is 0.141. The van der Waals surface area contributed by atoms with Gasteiger partial charge in [-0.15, -0.1) is 0 Å². The van der Waals surface area contributed by atoms with Crippen molar-refractivity contribution in [2.45, 2.75) is 57.8 Å². The lowest BCUT2D eigenvalue weighted by Crippen LogP contribution is -2.21. The van der Waals surface area contributed by atoms with Crippen LogP contribution in [0.2, 0.25) is 0 Å². The lowest BCUT2D eigenvalue weighted by molar-refractivity contribution is 0.0971. The van der Waals surface area contributed by atoms with Gasteiger partial charge in [-0.1, -0.05) is 84.9 Å². The lowest BCUT2D eigenvalue weighted by atomic mass is 9.72. The highest BCUT2D eigenvalue weighted by molar-refractivity contribution is 6.33. The number of carbonyl (C=O) groups is 1. The van der Waals surface area contributed by atoms with E-state index >= 15 is 0 Å². The van der Waals surface area contributed by atoms with Gasteiger partial charge in [-0.2, -0.15) is 0 Å². The molecule has 7 aromatic carbocycles. The average Bonchev–Trinajstić information content (AvgIpc) is 3.04. The van der Waals surface area contributed by atoms with Gasteiger partial charge in [0.25, 0.3) is 0 Å². The number of hydrogen-bond acceptors (Lipinski definition) is 1. The molecule has 0 atom stereocenters. The van der Waals surface area contributed by atoms with Crippen LogP contribution in [0.1, 0.15) is 63.9 Å². The van der Waals surface area contributed by atoms with E-state index in [9.17, 15) is 4.79 Å². The molecule has 0 aromatic heterocycles. The number of hydrogen-bond donors (Lipinski definition) is 0. The van der Waals surface area contributed by atoms with Crippen molar-refractivity contribution in [3.63, 3.8) is 0 Å². The Morgan fingerprint density at radius 3 is 1.54 bits per heavy atom. The van der Waals surface area contributed by atoms with Crippen molar-refractivity contribution in [1.29, 1.82) is 0 Å². The fourth-order valence-corrected chi connectivity index (χ4v) is 8.56. The minimum atomic E-state index is 0.424. The predicted molar refractivity (Wildman–Crippen MR) is 173 cm³/mol. The molecule has 0 radical (unpaired) electrons. The molecular weight excluding hydrogens is 496 g/mol. The smallest absolute Gasteiger partial charge is 0.163 e. The summed E-state index contributed by atoms with van der Waals surface area (Å²) in [6.45, 7) is 0. The summed E-state index contributed by atoms with van der Waals surface area (Å²) in [4.78, 5) is 12.6. The summed E-state index contributed by atoms with van der Waals surface area (Å²) < 4.78 is 0. The van der Waals surface area contributed by atoms with Crippen molar-refractivity contribution in [1.82, 2.24) is 0 Å². The fraction of sp³-hybridized carbons (Fsp3) is 0.225. The van der Waals surface area contributed by atoms with Gasteiger partial charge in [0.1, 0.15) is 0 Å². The molecule has 7 aromatic rings. The number of Topliss-reactive ketones (excluding diaryl/α,β-unsaturated/α-hetero) is 1. The zero-order valence-corrected chi connectivity index (χ0v) is 23.4. The Hall–Kier alpha value is -4.23. The van der Waals surface area contributed by atoms with E-state index in [1.165, 1.54) is 97.3 Å². The van der Waals surface area contributed by atoms with Crippen LogP contribution in [0, 0.1) is 0 Å². The molecule has 0 unspecified atom stereocenters. The molecule has 0 saturated heterocycles. The maximum atomic E-state index is 12.6. The Morgan fingerprint density at radius 1 is 0.390 bits per heavy atom. The van der Waals surface area contributed by atoms with Crippen LogP contribution in [0.5, 0.6) is 0 Å². The van der Waals surface area contributed by atoms with E-state index in [1.54, 1.807) is 16.5 Å². The Labute approximate surface area is 240 Å². The third-order valence-corrected chi connectivity index (χ3v) is 10.2. The van der Waals surface area contributed by atoms with E-state index in [1.807, 2.05) is 0 Å². The van der Waals surface area contributed by atoms with Crippen molar-refractivity contribution in [3.05, 3.63) is 118 Å². The van der Waals surface area contributed by atoms with Crippen LogP contribution in [0.15, 0.2) is 84.9 Å². The zero-order chi connectivity index (χ0) is 27.1. The highest BCUT2D eigenvalue weighted by Gasteiger charge is 2.30. The van der Waals surface area contributed by atoms with Crippen LogP contribution in [0.4, 0.5) is 0 Å². The minimum absolute atomic E-state index is 0.424. The Balaban J connectivity index is 0.000000117. The second-order valence-corrected chi connectivity index (χ2v) is 12.3. The summed E-state index contributed by atoms with van der Waals surface area (Å²) in [6.07, 6.45) is 10.1. The van der Waals surface area contributed by atoms with E-state index in [2.05, 4.69) is 84.9 Å². The first-order valence-corrected chi connectivity index (χ1v) is 15.5. The number of ketones is 1. The van der Waals surface area contributed by atoms with E-state index in [-0.39, 0.29) is 0 Å². The molecule has 0 aliphatic heterocycles. The molecule has 0 fully saturated rings. The maximum absolute atomic E-state index is 12.6. The third-order valence-electron chi connectivity index (χ3n) is 10.2. The van der Waals surface area contributed by atoms with Crippen molar-refractivity contribution in [3.8, 4) is 0 Å². The topological polar surface area (TPSA) is 17.1 Å². The molecule has 1 nitrogen and oxygen atoms in total. The number of fused-ring (bicyclic) bond motifs is 6. The summed E-state index contributed by atoms with van der Waals surface area (Å²) in [6, 6.07) is 31.1. The first-order chi connectivity index (χ1) is 20.3. The molecule has 0 amide bonds. The van der Waals surface area contributed by atoms with Gasteiger partial charge in [0, 0.05) is 12.0 Å². The largest absolute Gasteiger partial charge is 0.294 e. The molecule has 1 heteroatoms. The average molecular weight is 529 g/mol. The summed E-state index contributed by atoms with van der Waals surface area (Å²) in [5.74, 6) is 0.424. The number of benzene rings is 7. The SMILES string of the molecule is O=C1CCCc2c1c1c3c(ccc4c3c2CCC4)CCC1.c1ccc2c(c1)c1cccc3ccc4cccc2c4c31. The van der Waals surface area contributed by atoms with Crippen LogP contribution >= 0.6 is 0 Å². The molecule has 10 rings (SSSR count). The maximum Gasteiger partial charge on any atom is 0.163 e. The molecule has 0 saturated carbocycles. The van der Waals surface area contributed by atoms with Crippen molar-refractivity contribution in [2.75, 3.05) is 0 Å². The van der Waals surface area contributed by atoms with Crippen LogP contribution in [0.25, 0.3) is 53.9 Å². The van der Waals surface area contributed by atoms with Gasteiger partial charge in [0.05, 0.1) is 0 Å². The highest BCUT2D eigenvalue weighted by atomic mass is 16.1. The minimum Gasteiger partial charge on any atom is -0.294 e. The van der Waals surface area contributed by atoms with E-state index < -0.39 is 0 Å². The zero-order valence-electron chi connectivity index (χ0n) is 23.4. The first-order valence-electron chi connectivity index (χ1n) is 15.5. The first kappa shape index (κ1) is 23.5. The molecule has 0 N–H and O–H groups in total. The van der Waals surface area contributed by atoms with Crippen LogP contribution in [-0.4, -0.2) is 5.78 Å².